The average Bonchev–Trinajstić information content (AvgIpc) is 2.42. The molecule has 3 N–H and O–H groups in total. The molecule has 0 atom stereocenters. The summed E-state index contributed by atoms with van der Waals surface area (Å²) < 4.78 is 4.93. The Morgan fingerprint density at radius 2 is 2.05 bits per heavy atom. The molecular formula is C14H20N2O3. The Labute approximate surface area is 113 Å². The van der Waals surface area contributed by atoms with E-state index in [9.17, 15) is 4.79 Å². The summed E-state index contributed by atoms with van der Waals surface area (Å²) in [6, 6.07) is 7.23. The van der Waals surface area contributed by atoms with Crippen molar-refractivity contribution in [2.45, 2.75) is 0 Å². The summed E-state index contributed by atoms with van der Waals surface area (Å²) in [5, 5.41) is 8.93. The minimum atomic E-state index is -0.150. The number of rotatable bonds is 7. The summed E-state index contributed by atoms with van der Waals surface area (Å²) in [4.78, 5) is 13.5. The first-order chi connectivity index (χ1) is 9.17. The average molecular weight is 264 g/mol. The fraction of sp³-hybridized carbons (Fsp3) is 0.357. The number of hydrogen-bond donors (Lipinski definition) is 2. The molecule has 0 fully saturated rings. The van der Waals surface area contributed by atoms with E-state index in [1.54, 1.807) is 25.3 Å². The summed E-state index contributed by atoms with van der Waals surface area (Å²) in [7, 11) is 1.58. The first kappa shape index (κ1) is 15.2. The van der Waals surface area contributed by atoms with E-state index >= 15 is 0 Å². The number of carbonyl (C=O) groups is 1. The number of carbonyl (C=O) groups excluding carboxylic acids is 1. The van der Waals surface area contributed by atoms with Crippen LogP contribution in [-0.4, -0.2) is 49.3 Å². The summed E-state index contributed by atoms with van der Waals surface area (Å²) in [5.74, 6) is -0.150. The zero-order chi connectivity index (χ0) is 14.1. The molecule has 1 amide bonds. The Kier molecular flexibility index (Phi) is 6.63. The van der Waals surface area contributed by atoms with Gasteiger partial charge in [-0.05, 0) is 23.8 Å². The van der Waals surface area contributed by atoms with Crippen LogP contribution in [0.5, 0.6) is 0 Å². The van der Waals surface area contributed by atoms with Crippen molar-refractivity contribution in [2.24, 2.45) is 0 Å². The number of nitrogen functional groups attached to an aromatic ring is 1. The number of anilines is 1. The molecule has 0 heterocycles. The van der Waals surface area contributed by atoms with Crippen molar-refractivity contribution >= 4 is 17.7 Å². The summed E-state index contributed by atoms with van der Waals surface area (Å²) in [5.41, 5.74) is 7.17. The zero-order valence-electron chi connectivity index (χ0n) is 11.1. The maximum Gasteiger partial charge on any atom is 0.246 e. The minimum absolute atomic E-state index is 0.0643. The SMILES string of the molecule is COCCN(CCO)C(=O)/C=C/c1ccc(N)cc1. The molecule has 0 aliphatic rings. The Hall–Kier alpha value is -1.85. The van der Waals surface area contributed by atoms with Crippen LogP contribution in [0.3, 0.4) is 0 Å². The molecule has 0 aliphatic carbocycles. The quantitative estimate of drug-likeness (QED) is 0.563. The van der Waals surface area contributed by atoms with E-state index in [0.29, 0.717) is 25.4 Å². The largest absolute Gasteiger partial charge is 0.399 e. The molecule has 0 saturated heterocycles. The third-order valence-electron chi connectivity index (χ3n) is 2.60. The fourth-order valence-electron chi connectivity index (χ4n) is 1.53. The summed E-state index contributed by atoms with van der Waals surface area (Å²) in [6.07, 6.45) is 3.20. The van der Waals surface area contributed by atoms with Crippen molar-refractivity contribution in [2.75, 3.05) is 39.1 Å². The van der Waals surface area contributed by atoms with Gasteiger partial charge >= 0.3 is 0 Å². The predicted octanol–water partition coefficient (Wildman–Crippen LogP) is 0.749. The van der Waals surface area contributed by atoms with E-state index in [-0.39, 0.29) is 12.5 Å². The summed E-state index contributed by atoms with van der Waals surface area (Å²) in [6.45, 7) is 1.14. The molecule has 0 saturated carbocycles. The van der Waals surface area contributed by atoms with Crippen LogP contribution in [-0.2, 0) is 9.53 Å². The monoisotopic (exact) mass is 264 g/mol. The molecule has 5 nitrogen and oxygen atoms in total. The van der Waals surface area contributed by atoms with Gasteiger partial charge in [0.25, 0.3) is 0 Å². The van der Waals surface area contributed by atoms with E-state index in [0.717, 1.165) is 5.56 Å². The van der Waals surface area contributed by atoms with Crippen LogP contribution in [0.25, 0.3) is 6.08 Å². The molecule has 0 unspecified atom stereocenters. The Balaban J connectivity index is 2.61. The maximum absolute atomic E-state index is 11.9. The van der Waals surface area contributed by atoms with Gasteiger partial charge in [-0.15, -0.1) is 0 Å². The molecule has 1 aromatic rings. The molecule has 0 aliphatic heterocycles. The predicted molar refractivity (Wildman–Crippen MR) is 75.4 cm³/mol. The van der Waals surface area contributed by atoms with Crippen LogP contribution in [0, 0.1) is 0 Å². The number of methoxy groups -OCH3 is 1. The lowest BCUT2D eigenvalue weighted by Gasteiger charge is -2.19. The molecule has 0 spiro atoms. The molecule has 1 rings (SSSR count). The smallest absolute Gasteiger partial charge is 0.246 e. The van der Waals surface area contributed by atoms with Gasteiger partial charge in [-0.25, -0.2) is 0 Å². The van der Waals surface area contributed by atoms with Gasteiger partial charge in [-0.2, -0.15) is 0 Å². The molecule has 1 aromatic carbocycles. The van der Waals surface area contributed by atoms with Crippen molar-refractivity contribution < 1.29 is 14.6 Å². The Morgan fingerprint density at radius 1 is 1.37 bits per heavy atom. The molecule has 0 bridgehead atoms. The van der Waals surface area contributed by atoms with Crippen LogP contribution in [0.1, 0.15) is 5.56 Å². The van der Waals surface area contributed by atoms with E-state index in [4.69, 9.17) is 15.6 Å². The van der Waals surface area contributed by atoms with E-state index < -0.39 is 0 Å². The van der Waals surface area contributed by atoms with Gasteiger partial charge in [0, 0.05) is 32.0 Å². The van der Waals surface area contributed by atoms with Gasteiger partial charge < -0.3 is 20.5 Å². The molecule has 19 heavy (non-hydrogen) atoms. The van der Waals surface area contributed by atoms with Gasteiger partial charge in [0.15, 0.2) is 0 Å². The van der Waals surface area contributed by atoms with Crippen LogP contribution in [0.15, 0.2) is 30.3 Å². The number of nitrogens with two attached hydrogens (primary N) is 1. The zero-order valence-corrected chi connectivity index (χ0v) is 11.1. The number of nitrogens with zero attached hydrogens (tertiary/aromatic N) is 1. The lowest BCUT2D eigenvalue weighted by molar-refractivity contribution is -0.127. The van der Waals surface area contributed by atoms with E-state index in [1.165, 1.54) is 11.0 Å². The highest BCUT2D eigenvalue weighted by Crippen LogP contribution is 2.07. The van der Waals surface area contributed by atoms with E-state index in [1.807, 2.05) is 12.1 Å². The first-order valence-electron chi connectivity index (χ1n) is 6.09. The third-order valence-corrected chi connectivity index (χ3v) is 2.60. The Morgan fingerprint density at radius 3 is 2.63 bits per heavy atom. The van der Waals surface area contributed by atoms with Gasteiger partial charge in [0.05, 0.1) is 13.2 Å². The van der Waals surface area contributed by atoms with Crippen molar-refractivity contribution in [3.8, 4) is 0 Å². The van der Waals surface area contributed by atoms with Crippen LogP contribution < -0.4 is 5.73 Å². The topological polar surface area (TPSA) is 75.8 Å². The summed E-state index contributed by atoms with van der Waals surface area (Å²) >= 11 is 0. The first-order valence-corrected chi connectivity index (χ1v) is 6.09. The third kappa shape index (κ3) is 5.54. The number of amides is 1. The van der Waals surface area contributed by atoms with Crippen LogP contribution in [0.4, 0.5) is 5.69 Å². The normalized spacial score (nSPS) is 10.8. The molecule has 0 aromatic heterocycles. The van der Waals surface area contributed by atoms with Crippen LogP contribution in [0.2, 0.25) is 0 Å². The lowest BCUT2D eigenvalue weighted by Crippen LogP contribution is -2.34. The van der Waals surface area contributed by atoms with Crippen molar-refractivity contribution in [3.05, 3.63) is 35.9 Å². The highest BCUT2D eigenvalue weighted by Gasteiger charge is 2.08. The number of aliphatic hydroxyl groups is 1. The Bertz CT molecular complexity index is 415. The van der Waals surface area contributed by atoms with Gasteiger partial charge in [0.2, 0.25) is 5.91 Å². The van der Waals surface area contributed by atoms with E-state index in [2.05, 4.69) is 0 Å². The minimum Gasteiger partial charge on any atom is -0.399 e. The fourth-order valence-corrected chi connectivity index (χ4v) is 1.53. The highest BCUT2D eigenvalue weighted by atomic mass is 16.5. The van der Waals surface area contributed by atoms with Crippen molar-refractivity contribution in [3.63, 3.8) is 0 Å². The standard InChI is InChI=1S/C14H20N2O3/c1-19-11-9-16(8-10-17)14(18)7-4-12-2-5-13(15)6-3-12/h2-7,17H,8-11,15H2,1H3/b7-4+. The van der Waals surface area contributed by atoms with Gasteiger partial charge in [-0.1, -0.05) is 12.1 Å². The highest BCUT2D eigenvalue weighted by molar-refractivity contribution is 5.91. The number of hydrogen-bond acceptors (Lipinski definition) is 4. The molecule has 104 valence electrons. The maximum atomic E-state index is 11.9. The molecule has 5 heteroatoms. The van der Waals surface area contributed by atoms with Gasteiger partial charge in [-0.3, -0.25) is 4.79 Å². The molecule has 0 radical (unpaired) electrons. The second kappa shape index (κ2) is 8.29. The number of aliphatic hydroxyl groups excluding tert-OH is 1. The molecular weight excluding hydrogens is 244 g/mol. The van der Waals surface area contributed by atoms with Crippen molar-refractivity contribution in [1.82, 2.24) is 4.90 Å². The van der Waals surface area contributed by atoms with Gasteiger partial charge in [0.1, 0.15) is 0 Å². The number of benzene rings is 1. The van der Waals surface area contributed by atoms with Crippen LogP contribution >= 0.6 is 0 Å². The number of ether oxygens (including phenoxy) is 1. The lowest BCUT2D eigenvalue weighted by atomic mass is 10.2. The second-order valence-electron chi connectivity index (χ2n) is 4.04. The van der Waals surface area contributed by atoms with Crippen molar-refractivity contribution in [1.29, 1.82) is 0 Å². The second-order valence-corrected chi connectivity index (χ2v) is 4.04.